The van der Waals surface area contributed by atoms with E-state index < -0.39 is 17.2 Å². The van der Waals surface area contributed by atoms with Gasteiger partial charge in [-0.15, -0.1) is 0 Å². The lowest BCUT2D eigenvalue weighted by molar-refractivity contribution is 0.0442. The number of aromatic amines is 1. The SMILES string of the molecule is CC1(C)CCC(NC(=O)OC(C)(C)C)(c2nc3c([nH]2)CCOc2cc(Br)ccc2-3)C1. The molecule has 1 saturated carbocycles. The maximum Gasteiger partial charge on any atom is 0.408 e. The van der Waals surface area contributed by atoms with Gasteiger partial charge in [0.05, 0.1) is 12.3 Å². The summed E-state index contributed by atoms with van der Waals surface area (Å²) in [5.41, 5.74) is 1.89. The number of fused-ring (bicyclic) bond motifs is 3. The highest BCUT2D eigenvalue weighted by Gasteiger charge is 2.48. The third-order valence-electron chi connectivity index (χ3n) is 5.79. The Labute approximate surface area is 186 Å². The lowest BCUT2D eigenvalue weighted by Crippen LogP contribution is -2.47. The van der Waals surface area contributed by atoms with Crippen LogP contribution in [0.25, 0.3) is 11.3 Å². The molecule has 162 valence electrons. The Bertz CT molecular complexity index is 977. The van der Waals surface area contributed by atoms with Gasteiger partial charge in [0.2, 0.25) is 0 Å². The fourth-order valence-corrected chi connectivity index (χ4v) is 4.87. The molecule has 6 nitrogen and oxygen atoms in total. The number of imidazole rings is 1. The van der Waals surface area contributed by atoms with Crippen LogP contribution < -0.4 is 10.1 Å². The van der Waals surface area contributed by atoms with E-state index in [2.05, 4.69) is 40.1 Å². The number of H-pyrrole nitrogens is 1. The van der Waals surface area contributed by atoms with Gasteiger partial charge in [-0.2, -0.15) is 0 Å². The van der Waals surface area contributed by atoms with E-state index in [4.69, 9.17) is 14.5 Å². The number of hydrogen-bond donors (Lipinski definition) is 2. The first-order chi connectivity index (χ1) is 14.0. The highest BCUT2D eigenvalue weighted by Crippen LogP contribution is 2.49. The molecular formula is C23H30BrN3O3. The second-order valence-electron chi connectivity index (χ2n) is 10.2. The molecule has 2 heterocycles. The molecule has 0 radical (unpaired) electrons. The normalized spacial score (nSPS) is 22.5. The smallest absolute Gasteiger partial charge is 0.408 e. The van der Waals surface area contributed by atoms with E-state index in [1.165, 1.54) is 0 Å². The van der Waals surface area contributed by atoms with Crippen LogP contribution in [0.15, 0.2) is 22.7 Å². The summed E-state index contributed by atoms with van der Waals surface area (Å²) in [5.74, 6) is 1.63. The Morgan fingerprint density at radius 2 is 2.07 bits per heavy atom. The molecule has 2 N–H and O–H groups in total. The van der Waals surface area contributed by atoms with E-state index in [1.807, 2.05) is 39.0 Å². The number of nitrogens with zero attached hydrogens (tertiary/aromatic N) is 1. The first kappa shape index (κ1) is 21.2. The third kappa shape index (κ3) is 4.22. The van der Waals surface area contributed by atoms with Crippen molar-refractivity contribution in [3.63, 3.8) is 0 Å². The molecule has 4 rings (SSSR count). The molecular weight excluding hydrogens is 446 g/mol. The largest absolute Gasteiger partial charge is 0.492 e. The molecule has 7 heteroatoms. The van der Waals surface area contributed by atoms with Crippen LogP contribution in [-0.2, 0) is 16.7 Å². The lowest BCUT2D eigenvalue weighted by Gasteiger charge is -2.31. The van der Waals surface area contributed by atoms with Gasteiger partial charge in [0, 0.05) is 22.2 Å². The number of nitrogens with one attached hydrogen (secondary N) is 2. The van der Waals surface area contributed by atoms with Crippen LogP contribution in [0.2, 0.25) is 0 Å². The van der Waals surface area contributed by atoms with Crippen LogP contribution in [0.1, 0.15) is 65.4 Å². The molecule has 1 unspecified atom stereocenters. The number of carbonyl (C=O) groups is 1. The number of ether oxygens (including phenoxy) is 2. The number of carbonyl (C=O) groups excluding carboxylic acids is 1. The zero-order valence-corrected chi connectivity index (χ0v) is 19.9. The maximum atomic E-state index is 12.7. The standard InChI is InChI=1S/C23H30BrN3O3/c1-21(2,3)30-20(28)27-23(10-9-22(4,5)13-23)19-25-16-8-11-29-17-12-14(24)6-7-15(17)18(16)26-19/h6-7,12H,8-11,13H2,1-5H3,(H,25,26)(H,27,28). The summed E-state index contributed by atoms with van der Waals surface area (Å²) >= 11 is 3.52. The predicted octanol–water partition coefficient (Wildman–Crippen LogP) is 5.70. The first-order valence-corrected chi connectivity index (χ1v) is 11.3. The number of rotatable bonds is 2. The number of hydrogen-bond acceptors (Lipinski definition) is 4. The van der Waals surface area contributed by atoms with Crippen molar-refractivity contribution in [1.29, 1.82) is 0 Å². The number of alkyl carbamates (subject to hydrolysis) is 1. The van der Waals surface area contributed by atoms with E-state index in [1.54, 1.807) is 0 Å². The predicted molar refractivity (Wildman–Crippen MR) is 120 cm³/mol. The van der Waals surface area contributed by atoms with Gasteiger partial charge in [0.15, 0.2) is 0 Å². The Hall–Kier alpha value is -2.02. The quantitative estimate of drug-likeness (QED) is 0.583. The molecule has 1 aliphatic carbocycles. The maximum absolute atomic E-state index is 12.7. The van der Waals surface area contributed by atoms with Gasteiger partial charge in [0.1, 0.15) is 22.7 Å². The van der Waals surface area contributed by atoms with Crippen molar-refractivity contribution < 1.29 is 14.3 Å². The van der Waals surface area contributed by atoms with Gasteiger partial charge < -0.3 is 19.8 Å². The van der Waals surface area contributed by atoms with Crippen molar-refractivity contribution in [2.24, 2.45) is 5.41 Å². The summed E-state index contributed by atoms with van der Waals surface area (Å²) in [6.45, 7) is 10.7. The lowest BCUT2D eigenvalue weighted by atomic mass is 9.87. The monoisotopic (exact) mass is 475 g/mol. The van der Waals surface area contributed by atoms with Crippen LogP contribution in [0.4, 0.5) is 4.79 Å². The molecule has 2 aromatic rings. The van der Waals surface area contributed by atoms with Gasteiger partial charge in [-0.3, -0.25) is 0 Å². The Morgan fingerprint density at radius 1 is 1.30 bits per heavy atom. The molecule has 0 saturated heterocycles. The van der Waals surface area contributed by atoms with Crippen LogP contribution in [0.5, 0.6) is 5.75 Å². The minimum Gasteiger partial charge on any atom is -0.492 e. The molecule has 1 aliphatic heterocycles. The Kier molecular flexibility index (Phi) is 5.16. The van der Waals surface area contributed by atoms with Gasteiger partial charge in [-0.25, -0.2) is 9.78 Å². The molecule has 1 aromatic heterocycles. The fraction of sp³-hybridized carbons (Fsp3) is 0.565. The minimum absolute atomic E-state index is 0.102. The second kappa shape index (κ2) is 7.29. The highest BCUT2D eigenvalue weighted by atomic mass is 79.9. The van der Waals surface area contributed by atoms with E-state index >= 15 is 0 Å². The zero-order valence-electron chi connectivity index (χ0n) is 18.3. The molecule has 1 amide bonds. The summed E-state index contributed by atoms with van der Waals surface area (Å²) in [5, 5.41) is 3.19. The summed E-state index contributed by atoms with van der Waals surface area (Å²) in [7, 11) is 0. The Balaban J connectivity index is 1.74. The number of halogens is 1. The van der Waals surface area contributed by atoms with E-state index in [-0.39, 0.29) is 5.41 Å². The van der Waals surface area contributed by atoms with Crippen molar-refractivity contribution in [2.75, 3.05) is 6.61 Å². The van der Waals surface area contributed by atoms with Crippen LogP contribution >= 0.6 is 15.9 Å². The van der Waals surface area contributed by atoms with Crippen molar-refractivity contribution in [3.8, 4) is 17.0 Å². The van der Waals surface area contributed by atoms with E-state index in [0.29, 0.717) is 6.61 Å². The van der Waals surface area contributed by atoms with Crippen LogP contribution in [-0.4, -0.2) is 28.3 Å². The number of aromatic nitrogens is 2. The molecule has 0 spiro atoms. The van der Waals surface area contributed by atoms with Crippen molar-refractivity contribution in [1.82, 2.24) is 15.3 Å². The molecule has 0 bridgehead atoms. The van der Waals surface area contributed by atoms with Crippen molar-refractivity contribution in [2.45, 2.75) is 71.4 Å². The first-order valence-electron chi connectivity index (χ1n) is 10.5. The van der Waals surface area contributed by atoms with E-state index in [0.717, 1.165) is 58.7 Å². The third-order valence-corrected chi connectivity index (χ3v) is 6.28. The highest BCUT2D eigenvalue weighted by molar-refractivity contribution is 9.10. The molecule has 1 atom stereocenters. The topological polar surface area (TPSA) is 76.2 Å². The summed E-state index contributed by atoms with van der Waals surface area (Å²) in [6, 6.07) is 6.01. The zero-order chi connectivity index (χ0) is 21.7. The van der Waals surface area contributed by atoms with Gasteiger partial charge >= 0.3 is 6.09 Å². The second-order valence-corrected chi connectivity index (χ2v) is 11.1. The average Bonchev–Trinajstić information content (AvgIpc) is 3.11. The van der Waals surface area contributed by atoms with Crippen molar-refractivity contribution >= 4 is 22.0 Å². The fourth-order valence-electron chi connectivity index (χ4n) is 4.53. The molecule has 30 heavy (non-hydrogen) atoms. The van der Waals surface area contributed by atoms with Crippen LogP contribution in [0.3, 0.4) is 0 Å². The number of benzene rings is 1. The molecule has 1 fully saturated rings. The summed E-state index contributed by atoms with van der Waals surface area (Å²) in [6.07, 6.45) is 2.95. The Morgan fingerprint density at radius 3 is 2.73 bits per heavy atom. The molecule has 2 aliphatic rings. The summed E-state index contributed by atoms with van der Waals surface area (Å²) < 4.78 is 12.5. The van der Waals surface area contributed by atoms with Crippen molar-refractivity contribution in [3.05, 3.63) is 34.2 Å². The summed E-state index contributed by atoms with van der Waals surface area (Å²) in [4.78, 5) is 21.3. The average molecular weight is 476 g/mol. The number of amides is 1. The van der Waals surface area contributed by atoms with Gasteiger partial charge in [-0.05, 0) is 63.6 Å². The van der Waals surface area contributed by atoms with E-state index in [9.17, 15) is 4.79 Å². The van der Waals surface area contributed by atoms with Gasteiger partial charge in [-0.1, -0.05) is 29.8 Å². The van der Waals surface area contributed by atoms with Crippen LogP contribution in [0, 0.1) is 5.41 Å². The molecule has 1 aromatic carbocycles. The minimum atomic E-state index is -0.575. The van der Waals surface area contributed by atoms with Gasteiger partial charge in [0.25, 0.3) is 0 Å².